The van der Waals surface area contributed by atoms with Crippen molar-refractivity contribution in [2.75, 3.05) is 0 Å². The molecule has 0 N–H and O–H groups in total. The fraction of sp³-hybridized carbons (Fsp3) is 0.111. The number of hydrogen-bond acceptors (Lipinski definition) is 4. The van der Waals surface area contributed by atoms with E-state index >= 15 is 0 Å². The molecule has 0 saturated carbocycles. The van der Waals surface area contributed by atoms with E-state index in [4.69, 9.17) is 0 Å². The minimum Gasteiger partial charge on any atom is -0.295 e. The molecule has 0 bridgehead atoms. The normalized spacial score (nSPS) is 11.4. The fourth-order valence-corrected chi connectivity index (χ4v) is 4.24. The number of hydrogen-bond donors (Lipinski definition) is 0. The van der Waals surface area contributed by atoms with Gasteiger partial charge in [0, 0.05) is 55.1 Å². The van der Waals surface area contributed by atoms with Gasteiger partial charge in [0.05, 0.1) is 12.4 Å². The minimum atomic E-state index is -0.419. The van der Waals surface area contributed by atoms with Crippen LogP contribution in [-0.2, 0) is 20.6 Å². The lowest BCUT2D eigenvalue weighted by atomic mass is 9.94. The van der Waals surface area contributed by atoms with Crippen molar-refractivity contribution in [1.29, 1.82) is 5.26 Å². The monoisotopic (exact) mass is 464 g/mol. The molecule has 7 nitrogen and oxygen atoms in total. The van der Waals surface area contributed by atoms with Gasteiger partial charge in [-0.1, -0.05) is 30.4 Å². The van der Waals surface area contributed by atoms with Gasteiger partial charge in [0.25, 0.3) is 5.56 Å². The Morgan fingerprint density at radius 3 is 2.46 bits per heavy atom. The van der Waals surface area contributed by atoms with Crippen LogP contribution in [0.1, 0.15) is 11.3 Å². The molecular weight excluding hydrogens is 443 g/mol. The molecule has 5 rings (SSSR count). The van der Waals surface area contributed by atoms with Gasteiger partial charge in [-0.2, -0.15) is 15.5 Å². The lowest BCUT2D eigenvalue weighted by Crippen LogP contribution is -2.23. The Morgan fingerprint density at radius 2 is 1.77 bits per heavy atom. The number of nitrogens with zero attached hydrogens (tertiary/aromatic N) is 6. The van der Waals surface area contributed by atoms with E-state index in [0.29, 0.717) is 21.9 Å². The van der Waals surface area contributed by atoms with E-state index in [1.807, 2.05) is 50.8 Å². The Balaban J connectivity index is 1.75. The molecule has 0 amide bonds. The first-order valence-corrected chi connectivity index (χ1v) is 11.0. The molecule has 3 aromatic heterocycles. The molecule has 8 heteroatoms. The Bertz CT molecular complexity index is 1700. The summed E-state index contributed by atoms with van der Waals surface area (Å²) < 4.78 is 19.0. The van der Waals surface area contributed by atoms with Crippen molar-refractivity contribution >= 4 is 16.8 Å². The van der Waals surface area contributed by atoms with Crippen LogP contribution in [0.5, 0.6) is 0 Å². The first-order chi connectivity index (χ1) is 16.9. The topological polar surface area (TPSA) is 81.4 Å². The largest absolute Gasteiger partial charge is 0.295 e. The van der Waals surface area contributed by atoms with Crippen LogP contribution in [0.25, 0.3) is 39.1 Å². The third kappa shape index (κ3) is 4.15. The average molecular weight is 465 g/mol. The number of benzene rings is 2. The summed E-state index contributed by atoms with van der Waals surface area (Å²) in [6.07, 6.45) is 10.8. The summed E-state index contributed by atoms with van der Waals surface area (Å²) in [7, 11) is 3.65. The fourth-order valence-electron chi connectivity index (χ4n) is 4.24. The molecule has 0 fully saturated rings. The molecule has 5 aromatic rings. The van der Waals surface area contributed by atoms with Crippen LogP contribution in [0.3, 0.4) is 0 Å². The zero-order chi connectivity index (χ0) is 24.5. The van der Waals surface area contributed by atoms with E-state index in [1.54, 1.807) is 40.0 Å². The predicted molar refractivity (Wildman–Crippen MR) is 133 cm³/mol. The van der Waals surface area contributed by atoms with Gasteiger partial charge < -0.3 is 0 Å². The highest BCUT2D eigenvalue weighted by Gasteiger charge is 2.19. The van der Waals surface area contributed by atoms with Crippen LogP contribution < -0.4 is 5.56 Å². The van der Waals surface area contributed by atoms with Crippen LogP contribution in [0.15, 0.2) is 78.1 Å². The van der Waals surface area contributed by atoms with Gasteiger partial charge in [-0.3, -0.25) is 18.7 Å². The molecule has 0 aliphatic heterocycles. The Labute approximate surface area is 200 Å². The molecule has 35 heavy (non-hydrogen) atoms. The Kier molecular flexibility index (Phi) is 5.59. The number of nitriles is 1. The van der Waals surface area contributed by atoms with E-state index < -0.39 is 5.82 Å². The Hall–Kier alpha value is -4.77. The van der Waals surface area contributed by atoms with Crippen molar-refractivity contribution in [2.24, 2.45) is 14.1 Å². The second-order valence-electron chi connectivity index (χ2n) is 8.27. The highest BCUT2D eigenvalue weighted by molar-refractivity contribution is 6.00. The second-order valence-corrected chi connectivity index (χ2v) is 8.27. The van der Waals surface area contributed by atoms with Crippen molar-refractivity contribution in [3.63, 3.8) is 0 Å². The van der Waals surface area contributed by atoms with Crippen LogP contribution in [-0.4, -0.2) is 24.1 Å². The first kappa shape index (κ1) is 22.0. The smallest absolute Gasteiger partial charge is 0.259 e. The second kappa shape index (κ2) is 8.88. The number of fused-ring (bicyclic) bond motifs is 1. The van der Waals surface area contributed by atoms with Gasteiger partial charge in [0.15, 0.2) is 0 Å². The van der Waals surface area contributed by atoms with Crippen molar-refractivity contribution in [1.82, 2.24) is 24.1 Å². The standard InChI is InChI=1S/C27H21FN6O/c1-32-16-18(14-30-32)5-4-10-34-25(13-29)26(20-6-3-7-22(28)11-20)24-12-19(8-9-23(24)27(34)35)21-15-31-33(2)17-21/h3-9,11-12,14-17H,10H2,1-2H3/b5-4+. The van der Waals surface area contributed by atoms with Crippen molar-refractivity contribution < 1.29 is 4.39 Å². The number of pyridine rings is 1. The van der Waals surface area contributed by atoms with Gasteiger partial charge in [-0.15, -0.1) is 0 Å². The van der Waals surface area contributed by atoms with Gasteiger partial charge in [-0.05, 0) is 40.8 Å². The quantitative estimate of drug-likeness (QED) is 0.383. The zero-order valence-electron chi connectivity index (χ0n) is 19.2. The lowest BCUT2D eigenvalue weighted by molar-refractivity contribution is 0.628. The molecule has 3 heterocycles. The number of halogens is 1. The molecule has 0 saturated heterocycles. The van der Waals surface area contributed by atoms with Gasteiger partial charge in [-0.25, -0.2) is 4.39 Å². The maximum absolute atomic E-state index is 14.2. The summed E-state index contributed by atoms with van der Waals surface area (Å²) in [6.45, 7) is 0.180. The third-order valence-corrected chi connectivity index (χ3v) is 5.85. The molecule has 0 radical (unpaired) electrons. The molecule has 0 aliphatic rings. The number of aryl methyl sites for hydroxylation is 2. The number of aromatic nitrogens is 5. The van der Waals surface area contributed by atoms with Gasteiger partial charge in [0.2, 0.25) is 0 Å². The highest BCUT2D eigenvalue weighted by atomic mass is 19.1. The summed E-state index contributed by atoms with van der Waals surface area (Å²) in [5.41, 5.74) is 3.54. The van der Waals surface area contributed by atoms with Crippen LogP contribution in [0.4, 0.5) is 4.39 Å². The van der Waals surface area contributed by atoms with E-state index in [2.05, 4.69) is 16.3 Å². The van der Waals surface area contributed by atoms with Gasteiger partial charge in [0.1, 0.15) is 17.6 Å². The van der Waals surface area contributed by atoms with Crippen molar-refractivity contribution in [3.05, 3.63) is 101 Å². The van der Waals surface area contributed by atoms with E-state index in [9.17, 15) is 14.4 Å². The lowest BCUT2D eigenvalue weighted by Gasteiger charge is -2.16. The number of allylic oxidation sites excluding steroid dienone is 1. The maximum atomic E-state index is 14.2. The minimum absolute atomic E-state index is 0.173. The molecule has 172 valence electrons. The zero-order valence-corrected chi connectivity index (χ0v) is 19.2. The SMILES string of the molecule is Cn1cc(/C=C/Cn2c(C#N)c(-c3cccc(F)c3)c3cc(-c4cnn(C)c4)ccc3c2=O)cn1. The van der Waals surface area contributed by atoms with Crippen molar-refractivity contribution in [3.8, 4) is 28.3 Å². The summed E-state index contributed by atoms with van der Waals surface area (Å²) in [6, 6.07) is 13.8. The molecule has 2 aromatic carbocycles. The summed E-state index contributed by atoms with van der Waals surface area (Å²) in [5, 5.41) is 19.6. The molecule has 0 atom stereocenters. The molecule has 0 aliphatic carbocycles. The van der Waals surface area contributed by atoms with Crippen LogP contribution in [0, 0.1) is 17.1 Å². The van der Waals surface area contributed by atoms with Crippen molar-refractivity contribution in [2.45, 2.75) is 6.54 Å². The third-order valence-electron chi connectivity index (χ3n) is 5.85. The van der Waals surface area contributed by atoms with Gasteiger partial charge >= 0.3 is 0 Å². The molecule has 0 spiro atoms. The molecular formula is C27H21FN6O. The maximum Gasteiger partial charge on any atom is 0.259 e. The first-order valence-electron chi connectivity index (χ1n) is 11.0. The van der Waals surface area contributed by atoms with Crippen LogP contribution in [0.2, 0.25) is 0 Å². The van der Waals surface area contributed by atoms with E-state index in [0.717, 1.165) is 16.7 Å². The highest BCUT2D eigenvalue weighted by Crippen LogP contribution is 2.33. The van der Waals surface area contributed by atoms with E-state index in [1.165, 1.54) is 16.7 Å². The average Bonchev–Trinajstić information content (AvgIpc) is 3.47. The molecule has 0 unspecified atom stereocenters. The van der Waals surface area contributed by atoms with E-state index in [-0.39, 0.29) is 17.8 Å². The predicted octanol–water partition coefficient (Wildman–Crippen LogP) is 4.53. The van der Waals surface area contributed by atoms with Crippen LogP contribution >= 0.6 is 0 Å². The summed E-state index contributed by atoms with van der Waals surface area (Å²) in [5.74, 6) is -0.419. The Morgan fingerprint density at radius 1 is 0.971 bits per heavy atom. The number of rotatable bonds is 5. The summed E-state index contributed by atoms with van der Waals surface area (Å²) >= 11 is 0. The summed E-state index contributed by atoms with van der Waals surface area (Å²) in [4.78, 5) is 13.5.